The Morgan fingerprint density at radius 3 is 1.45 bits per heavy atom. The van der Waals surface area contributed by atoms with E-state index >= 15 is 0 Å². The third-order valence-electron chi connectivity index (χ3n) is 4.48. The zero-order valence-corrected chi connectivity index (χ0v) is 15.6. The second-order valence-corrected chi connectivity index (χ2v) is 8.79. The summed E-state index contributed by atoms with van der Waals surface area (Å²) in [4.78, 5) is 2.61. The largest absolute Gasteiger partial charge is 0.0901 e. The van der Waals surface area contributed by atoms with Gasteiger partial charge < -0.3 is 0 Å². The van der Waals surface area contributed by atoms with Crippen molar-refractivity contribution in [3.63, 3.8) is 0 Å². The molecule has 0 aliphatic rings. The van der Waals surface area contributed by atoms with Crippen LogP contribution in [-0.4, -0.2) is 0 Å². The van der Waals surface area contributed by atoms with Crippen LogP contribution in [0.4, 0.5) is 0 Å². The number of hydrogen-bond acceptors (Lipinski definition) is 1. The van der Waals surface area contributed by atoms with Gasteiger partial charge in [0.2, 0.25) is 0 Å². The summed E-state index contributed by atoms with van der Waals surface area (Å²) in [7, 11) is 0. The third-order valence-corrected chi connectivity index (χ3v) is 5.49. The van der Waals surface area contributed by atoms with Gasteiger partial charge in [-0.25, -0.2) is 0 Å². The highest BCUT2D eigenvalue weighted by Crippen LogP contribution is 2.33. The minimum atomic E-state index is 0.219. The molecule has 0 N–H and O–H groups in total. The van der Waals surface area contributed by atoms with Crippen molar-refractivity contribution in [3.8, 4) is 0 Å². The van der Waals surface area contributed by atoms with Gasteiger partial charge in [0.15, 0.2) is 0 Å². The van der Waals surface area contributed by atoms with Crippen LogP contribution in [0.1, 0.15) is 59.1 Å². The fourth-order valence-electron chi connectivity index (χ4n) is 2.34. The second-order valence-electron chi connectivity index (χ2n) is 7.64. The number of rotatable bonds is 4. The lowest BCUT2D eigenvalue weighted by atomic mass is 9.82. The normalized spacial score (nSPS) is 12.5. The van der Waals surface area contributed by atoms with Gasteiger partial charge in [-0.3, -0.25) is 0 Å². The lowest BCUT2D eigenvalue weighted by Crippen LogP contribution is -2.14. The maximum absolute atomic E-state index is 2.31. The van der Waals surface area contributed by atoms with E-state index in [2.05, 4.69) is 90.1 Å². The van der Waals surface area contributed by atoms with Gasteiger partial charge in [-0.1, -0.05) is 77.6 Å². The van der Waals surface area contributed by atoms with Crippen molar-refractivity contribution in [3.05, 3.63) is 59.7 Å². The number of hydrogen-bond donors (Lipinski definition) is 0. The molecular formula is C21H28S. The SMILES string of the molecule is CCC(C)(C)c1ccc(Sc2ccc(C(C)(C)C)cc2)cc1. The molecule has 0 amide bonds. The zero-order valence-electron chi connectivity index (χ0n) is 14.7. The lowest BCUT2D eigenvalue weighted by molar-refractivity contribution is 0.506. The van der Waals surface area contributed by atoms with E-state index in [1.54, 1.807) is 0 Å². The Morgan fingerprint density at radius 2 is 1.09 bits per heavy atom. The second kappa shape index (κ2) is 6.50. The Bertz CT molecular complexity index is 598. The van der Waals surface area contributed by atoms with Gasteiger partial charge in [0.25, 0.3) is 0 Å². The van der Waals surface area contributed by atoms with Gasteiger partial charge in [-0.2, -0.15) is 0 Å². The summed E-state index contributed by atoms with van der Waals surface area (Å²) in [6.45, 7) is 13.6. The molecule has 0 aliphatic carbocycles. The third kappa shape index (κ3) is 4.16. The quantitative estimate of drug-likeness (QED) is 0.596. The van der Waals surface area contributed by atoms with Crippen LogP contribution in [0.15, 0.2) is 58.3 Å². The molecule has 0 spiro atoms. The molecule has 1 heteroatoms. The Balaban J connectivity index is 2.11. The fourth-order valence-corrected chi connectivity index (χ4v) is 3.15. The van der Waals surface area contributed by atoms with E-state index in [9.17, 15) is 0 Å². The van der Waals surface area contributed by atoms with Crippen LogP contribution in [0.5, 0.6) is 0 Å². The van der Waals surface area contributed by atoms with E-state index in [0.717, 1.165) is 6.42 Å². The lowest BCUT2D eigenvalue weighted by Gasteiger charge is -2.23. The van der Waals surface area contributed by atoms with Crippen LogP contribution in [0.2, 0.25) is 0 Å². The standard InChI is InChI=1S/C21H28S/c1-7-21(5,6)17-10-14-19(15-11-17)22-18-12-8-16(9-13-18)20(2,3)4/h8-15H,7H2,1-6H3. The van der Waals surface area contributed by atoms with E-state index in [1.165, 1.54) is 20.9 Å². The van der Waals surface area contributed by atoms with Crippen LogP contribution in [0.3, 0.4) is 0 Å². The topological polar surface area (TPSA) is 0 Å². The molecule has 0 bridgehead atoms. The minimum Gasteiger partial charge on any atom is -0.0901 e. The summed E-state index contributed by atoms with van der Waals surface area (Å²) in [5.41, 5.74) is 3.29. The molecule has 2 rings (SSSR count). The van der Waals surface area contributed by atoms with Crippen molar-refractivity contribution >= 4 is 11.8 Å². The van der Waals surface area contributed by atoms with Crippen molar-refractivity contribution in [1.29, 1.82) is 0 Å². The molecule has 2 aromatic carbocycles. The van der Waals surface area contributed by atoms with Crippen LogP contribution >= 0.6 is 11.8 Å². The molecule has 2 aromatic rings. The van der Waals surface area contributed by atoms with E-state index in [0.29, 0.717) is 0 Å². The van der Waals surface area contributed by atoms with Crippen LogP contribution in [-0.2, 0) is 10.8 Å². The first-order chi connectivity index (χ1) is 10.2. The molecule has 0 fully saturated rings. The van der Waals surface area contributed by atoms with Crippen LogP contribution < -0.4 is 0 Å². The van der Waals surface area contributed by atoms with Gasteiger partial charge in [-0.15, -0.1) is 0 Å². The molecule has 0 nitrogen and oxygen atoms in total. The summed E-state index contributed by atoms with van der Waals surface area (Å²) in [6, 6.07) is 18.0. The first-order valence-corrected chi connectivity index (χ1v) is 8.93. The molecule has 0 radical (unpaired) electrons. The van der Waals surface area contributed by atoms with Crippen LogP contribution in [0, 0.1) is 0 Å². The highest BCUT2D eigenvalue weighted by atomic mass is 32.2. The predicted molar refractivity (Wildman–Crippen MR) is 99.0 cm³/mol. The zero-order chi connectivity index (χ0) is 16.4. The maximum atomic E-state index is 2.31. The molecular weight excluding hydrogens is 284 g/mol. The van der Waals surface area contributed by atoms with Crippen molar-refractivity contribution in [1.82, 2.24) is 0 Å². The van der Waals surface area contributed by atoms with Gasteiger partial charge in [-0.05, 0) is 52.6 Å². The van der Waals surface area contributed by atoms with E-state index in [4.69, 9.17) is 0 Å². The maximum Gasteiger partial charge on any atom is 0.0122 e. The molecule has 0 saturated heterocycles. The molecule has 22 heavy (non-hydrogen) atoms. The smallest absolute Gasteiger partial charge is 0.0122 e. The first-order valence-electron chi connectivity index (χ1n) is 8.11. The molecule has 0 heterocycles. The molecule has 0 saturated carbocycles. The Morgan fingerprint density at radius 1 is 0.682 bits per heavy atom. The van der Waals surface area contributed by atoms with Gasteiger partial charge >= 0.3 is 0 Å². The highest BCUT2D eigenvalue weighted by molar-refractivity contribution is 7.99. The molecule has 0 aliphatic heterocycles. The Hall–Kier alpha value is -1.21. The van der Waals surface area contributed by atoms with E-state index < -0.39 is 0 Å². The van der Waals surface area contributed by atoms with E-state index in [-0.39, 0.29) is 10.8 Å². The van der Waals surface area contributed by atoms with Gasteiger partial charge in [0.1, 0.15) is 0 Å². The van der Waals surface area contributed by atoms with Crippen LogP contribution in [0.25, 0.3) is 0 Å². The molecule has 0 unspecified atom stereocenters. The van der Waals surface area contributed by atoms with Crippen molar-refractivity contribution in [2.45, 2.75) is 68.6 Å². The van der Waals surface area contributed by atoms with Crippen molar-refractivity contribution in [2.75, 3.05) is 0 Å². The number of benzene rings is 2. The fraction of sp³-hybridized carbons (Fsp3) is 0.429. The molecule has 0 atom stereocenters. The summed E-state index contributed by atoms with van der Waals surface area (Å²) in [5.74, 6) is 0. The Kier molecular flexibility index (Phi) is 5.07. The van der Waals surface area contributed by atoms with Gasteiger partial charge in [0.05, 0.1) is 0 Å². The Labute approximate surface area is 140 Å². The first kappa shape index (κ1) is 17.1. The van der Waals surface area contributed by atoms with Crippen molar-refractivity contribution < 1.29 is 0 Å². The monoisotopic (exact) mass is 312 g/mol. The molecule has 118 valence electrons. The minimum absolute atomic E-state index is 0.219. The van der Waals surface area contributed by atoms with E-state index in [1.807, 2.05) is 11.8 Å². The summed E-state index contributed by atoms with van der Waals surface area (Å²) >= 11 is 1.83. The average Bonchev–Trinajstić information content (AvgIpc) is 2.47. The van der Waals surface area contributed by atoms with Gasteiger partial charge in [0, 0.05) is 9.79 Å². The highest BCUT2D eigenvalue weighted by Gasteiger charge is 2.17. The molecule has 0 aromatic heterocycles. The summed E-state index contributed by atoms with van der Waals surface area (Å²) < 4.78 is 0. The average molecular weight is 313 g/mol. The predicted octanol–water partition coefficient (Wildman–Crippen LogP) is 6.82. The van der Waals surface area contributed by atoms with Crippen molar-refractivity contribution in [2.24, 2.45) is 0 Å². The summed E-state index contributed by atoms with van der Waals surface area (Å²) in [6.07, 6.45) is 1.16. The summed E-state index contributed by atoms with van der Waals surface area (Å²) in [5, 5.41) is 0.